The predicted molar refractivity (Wildman–Crippen MR) is 65.6 cm³/mol. The molecule has 0 spiro atoms. The molecule has 0 fully saturated rings. The van der Waals surface area contributed by atoms with Crippen LogP contribution in [0.4, 0.5) is 27.6 Å². The molecule has 1 heterocycles. The number of alkyl halides is 4. The molecule has 0 saturated carbocycles. The summed E-state index contributed by atoms with van der Waals surface area (Å²) in [6, 6.07) is 2.28. The third-order valence-electron chi connectivity index (χ3n) is 3.25. The lowest BCUT2D eigenvalue weighted by molar-refractivity contribution is -0.227. The molecule has 1 aromatic carbocycles. The minimum atomic E-state index is -5.02. The highest BCUT2D eigenvalue weighted by Gasteiger charge is 2.58. The lowest BCUT2D eigenvalue weighted by Crippen LogP contribution is -2.55. The van der Waals surface area contributed by atoms with Gasteiger partial charge in [-0.1, -0.05) is 0 Å². The Kier molecular flexibility index (Phi) is 3.46. The smallest absolute Gasteiger partial charge is 0.428 e. The summed E-state index contributed by atoms with van der Waals surface area (Å²) in [5.41, 5.74) is 8.11. The van der Waals surface area contributed by atoms with Crippen LogP contribution in [0.5, 0.6) is 0 Å². The summed E-state index contributed by atoms with van der Waals surface area (Å²) < 4.78 is 70.9. The molecule has 1 aliphatic heterocycles. The van der Waals surface area contributed by atoms with Crippen LogP contribution in [0.15, 0.2) is 23.2 Å². The number of nitrogen functional groups attached to an aromatic ring is 1. The minimum absolute atomic E-state index is 0.0589. The number of nitrogens with zero attached hydrogens (tertiary/aromatic N) is 1. The third kappa shape index (κ3) is 2.59. The van der Waals surface area contributed by atoms with Gasteiger partial charge in [-0.15, -0.1) is 0 Å². The van der Waals surface area contributed by atoms with E-state index in [1.165, 1.54) is 6.07 Å². The molecule has 2 rings (SSSR count). The summed E-state index contributed by atoms with van der Waals surface area (Å²) in [5.74, 6) is -0.936. The molecule has 0 saturated heterocycles. The highest BCUT2D eigenvalue weighted by Crippen LogP contribution is 2.43. The van der Waals surface area contributed by atoms with E-state index in [-0.39, 0.29) is 5.69 Å². The molecule has 3 atom stereocenters. The third-order valence-corrected chi connectivity index (χ3v) is 3.25. The second kappa shape index (κ2) is 4.74. The van der Waals surface area contributed by atoms with Crippen molar-refractivity contribution < 1.29 is 26.7 Å². The van der Waals surface area contributed by atoms with Crippen molar-refractivity contribution >= 4 is 11.7 Å². The Bertz CT molecular complexity index is 589. The van der Waals surface area contributed by atoms with Crippen molar-refractivity contribution in [1.29, 1.82) is 0 Å². The van der Waals surface area contributed by atoms with Crippen LogP contribution in [0.3, 0.4) is 0 Å². The van der Waals surface area contributed by atoms with Crippen molar-refractivity contribution in [2.24, 2.45) is 10.7 Å². The first-order chi connectivity index (χ1) is 9.55. The summed E-state index contributed by atoms with van der Waals surface area (Å²) >= 11 is 0. The van der Waals surface area contributed by atoms with Gasteiger partial charge in [-0.25, -0.2) is 13.8 Å². The van der Waals surface area contributed by atoms with E-state index in [1.807, 2.05) is 0 Å². The van der Waals surface area contributed by atoms with E-state index in [2.05, 4.69) is 9.73 Å². The van der Waals surface area contributed by atoms with Crippen LogP contribution >= 0.6 is 0 Å². The largest absolute Gasteiger partial charge is 0.449 e. The zero-order valence-electron chi connectivity index (χ0n) is 10.8. The summed E-state index contributed by atoms with van der Waals surface area (Å²) in [5, 5.41) is 0. The van der Waals surface area contributed by atoms with Gasteiger partial charge in [0.1, 0.15) is 11.4 Å². The maximum atomic E-state index is 14.3. The first-order valence-corrected chi connectivity index (χ1v) is 5.84. The quantitative estimate of drug-likeness (QED) is 0.617. The van der Waals surface area contributed by atoms with E-state index in [1.54, 1.807) is 0 Å². The molecule has 1 aromatic rings. The van der Waals surface area contributed by atoms with Crippen LogP contribution in [-0.4, -0.2) is 24.5 Å². The van der Waals surface area contributed by atoms with E-state index in [4.69, 9.17) is 11.5 Å². The molecule has 3 unspecified atom stereocenters. The van der Waals surface area contributed by atoms with Crippen molar-refractivity contribution in [2.45, 2.75) is 30.9 Å². The molecule has 116 valence electrons. The van der Waals surface area contributed by atoms with Crippen LogP contribution in [0, 0.1) is 5.82 Å². The normalized spacial score (nSPS) is 29.7. The Hall–Kier alpha value is -2.06. The molecule has 21 heavy (non-hydrogen) atoms. The zero-order valence-corrected chi connectivity index (χ0v) is 10.8. The molecule has 4 N–H and O–H groups in total. The molecule has 0 radical (unpaired) electrons. The number of hydrogen-bond acceptors (Lipinski definition) is 4. The monoisotopic (exact) mass is 309 g/mol. The fraction of sp³-hybridized carbons (Fsp3) is 0.417. The van der Waals surface area contributed by atoms with Crippen molar-refractivity contribution in [1.82, 2.24) is 0 Å². The summed E-state index contributed by atoms with van der Waals surface area (Å²) in [6.07, 6.45) is -10.5. The van der Waals surface area contributed by atoms with Gasteiger partial charge in [0, 0.05) is 11.3 Å². The van der Waals surface area contributed by atoms with Crippen LogP contribution in [0.1, 0.15) is 12.5 Å². The highest BCUT2D eigenvalue weighted by atomic mass is 19.4. The average Bonchev–Trinajstić information content (AvgIpc) is 2.35. The highest BCUT2D eigenvalue weighted by molar-refractivity contribution is 5.73. The molecule has 0 bridgehead atoms. The molecule has 0 aliphatic carbocycles. The van der Waals surface area contributed by atoms with Gasteiger partial charge in [0.25, 0.3) is 6.02 Å². The second-order valence-corrected chi connectivity index (χ2v) is 4.82. The van der Waals surface area contributed by atoms with Gasteiger partial charge < -0.3 is 16.2 Å². The predicted octanol–water partition coefficient (Wildman–Crippen LogP) is 2.24. The number of amidine groups is 1. The van der Waals surface area contributed by atoms with Gasteiger partial charge in [-0.05, 0) is 25.1 Å². The number of aliphatic imine (C=N–C) groups is 1. The molecular weight excluding hydrogens is 297 g/mol. The Morgan fingerprint density at radius 2 is 1.90 bits per heavy atom. The SMILES string of the molecule is CC1(c2cc(N)ccc2F)N=C(N)OC(C(F)(F)F)C1F. The van der Waals surface area contributed by atoms with Crippen LogP contribution < -0.4 is 11.5 Å². The standard InChI is InChI=1S/C12H12F5N3O/c1-11(6-4-5(18)2-3-7(6)13)8(14)9(12(15,16)17)21-10(19)20-11/h2-4,8-9H,18H2,1H3,(H2,19,20). The summed E-state index contributed by atoms with van der Waals surface area (Å²) in [4.78, 5) is 3.53. The maximum Gasteiger partial charge on any atom is 0.428 e. The molecule has 0 aromatic heterocycles. The molecule has 4 nitrogen and oxygen atoms in total. The minimum Gasteiger partial charge on any atom is -0.449 e. The van der Waals surface area contributed by atoms with Gasteiger partial charge in [0.2, 0.25) is 6.10 Å². The van der Waals surface area contributed by atoms with Crippen molar-refractivity contribution in [3.05, 3.63) is 29.6 Å². The number of nitrogens with two attached hydrogens (primary N) is 2. The van der Waals surface area contributed by atoms with E-state index in [9.17, 15) is 22.0 Å². The molecule has 0 amide bonds. The van der Waals surface area contributed by atoms with E-state index < -0.39 is 41.4 Å². The number of halogens is 5. The number of ether oxygens (including phenoxy) is 1. The van der Waals surface area contributed by atoms with E-state index in [0.29, 0.717) is 0 Å². The molecule has 9 heteroatoms. The Balaban J connectivity index is 2.58. The van der Waals surface area contributed by atoms with Gasteiger partial charge >= 0.3 is 6.18 Å². The van der Waals surface area contributed by atoms with Crippen LogP contribution in [-0.2, 0) is 10.3 Å². The Morgan fingerprint density at radius 1 is 1.29 bits per heavy atom. The maximum absolute atomic E-state index is 14.3. The Labute approximate surface area is 116 Å². The van der Waals surface area contributed by atoms with Crippen molar-refractivity contribution in [2.75, 3.05) is 5.73 Å². The van der Waals surface area contributed by atoms with E-state index >= 15 is 0 Å². The topological polar surface area (TPSA) is 73.6 Å². The Morgan fingerprint density at radius 3 is 2.48 bits per heavy atom. The van der Waals surface area contributed by atoms with Crippen LogP contribution in [0.2, 0.25) is 0 Å². The number of hydrogen-bond donors (Lipinski definition) is 2. The fourth-order valence-corrected chi connectivity index (χ4v) is 2.17. The zero-order chi connectivity index (χ0) is 16.0. The van der Waals surface area contributed by atoms with Crippen molar-refractivity contribution in [3.63, 3.8) is 0 Å². The van der Waals surface area contributed by atoms with Gasteiger partial charge in [0.05, 0.1) is 0 Å². The van der Waals surface area contributed by atoms with Gasteiger partial charge in [-0.2, -0.15) is 13.2 Å². The first kappa shape index (κ1) is 15.3. The number of anilines is 1. The van der Waals surface area contributed by atoms with Crippen molar-refractivity contribution in [3.8, 4) is 0 Å². The second-order valence-electron chi connectivity index (χ2n) is 4.82. The average molecular weight is 309 g/mol. The van der Waals surface area contributed by atoms with Gasteiger partial charge in [0.15, 0.2) is 6.17 Å². The number of rotatable bonds is 1. The molecule has 1 aliphatic rings. The van der Waals surface area contributed by atoms with Gasteiger partial charge in [-0.3, -0.25) is 0 Å². The summed E-state index contributed by atoms with van der Waals surface area (Å²) in [6.45, 7) is 1.00. The fourth-order valence-electron chi connectivity index (χ4n) is 2.17. The first-order valence-electron chi connectivity index (χ1n) is 5.84. The number of benzene rings is 1. The lowest BCUT2D eigenvalue weighted by atomic mass is 9.83. The van der Waals surface area contributed by atoms with Crippen LogP contribution in [0.25, 0.3) is 0 Å². The lowest BCUT2D eigenvalue weighted by Gasteiger charge is -2.38. The summed E-state index contributed by atoms with van der Waals surface area (Å²) in [7, 11) is 0. The van der Waals surface area contributed by atoms with E-state index in [0.717, 1.165) is 19.1 Å². The molecular formula is C12H12F5N3O.